The van der Waals surface area contributed by atoms with E-state index in [1.807, 2.05) is 12.1 Å². The minimum atomic E-state index is -3.37. The molecule has 1 saturated carbocycles. The molecule has 5 nitrogen and oxygen atoms in total. The standard InChI is InChI=1S/C15H25N3O2S/c1-17-21(19,20)15-9-7-14(8-10-15)18(12-4-11-16)13-5-2-3-6-13/h7-10,13,17H,2-6,11-12,16H2,1H3. The maximum absolute atomic E-state index is 11.8. The van der Waals surface area contributed by atoms with Crippen LogP contribution in [0.3, 0.4) is 0 Å². The third kappa shape index (κ3) is 3.96. The van der Waals surface area contributed by atoms with Crippen molar-refractivity contribution in [3.63, 3.8) is 0 Å². The molecule has 1 aromatic carbocycles. The zero-order chi connectivity index (χ0) is 15.3. The Labute approximate surface area is 127 Å². The molecule has 2 rings (SSSR count). The van der Waals surface area contributed by atoms with Gasteiger partial charge in [-0.3, -0.25) is 0 Å². The molecule has 0 bridgehead atoms. The number of nitrogens with one attached hydrogen (secondary N) is 1. The van der Waals surface area contributed by atoms with Gasteiger partial charge in [-0.25, -0.2) is 13.1 Å². The van der Waals surface area contributed by atoms with Gasteiger partial charge in [-0.05, 0) is 57.1 Å². The molecule has 118 valence electrons. The fourth-order valence-corrected chi connectivity index (χ4v) is 3.66. The van der Waals surface area contributed by atoms with Gasteiger partial charge in [0.05, 0.1) is 4.90 Å². The van der Waals surface area contributed by atoms with Crippen LogP contribution in [0.2, 0.25) is 0 Å². The van der Waals surface area contributed by atoms with Crippen molar-refractivity contribution in [2.45, 2.75) is 43.0 Å². The third-order valence-corrected chi connectivity index (χ3v) is 5.55. The Hall–Kier alpha value is -1.11. The van der Waals surface area contributed by atoms with Crippen molar-refractivity contribution in [1.29, 1.82) is 0 Å². The van der Waals surface area contributed by atoms with Crippen LogP contribution in [-0.4, -0.2) is 34.6 Å². The predicted molar refractivity (Wildman–Crippen MR) is 86.0 cm³/mol. The molecule has 0 heterocycles. The normalized spacial score (nSPS) is 16.3. The predicted octanol–water partition coefficient (Wildman–Crippen LogP) is 1.69. The summed E-state index contributed by atoms with van der Waals surface area (Å²) in [5.41, 5.74) is 6.73. The highest BCUT2D eigenvalue weighted by Crippen LogP contribution is 2.29. The van der Waals surface area contributed by atoms with Gasteiger partial charge in [-0.2, -0.15) is 0 Å². The lowest BCUT2D eigenvalue weighted by molar-refractivity contribution is 0.587. The lowest BCUT2D eigenvalue weighted by atomic mass is 10.1. The van der Waals surface area contributed by atoms with E-state index in [1.54, 1.807) is 12.1 Å². The van der Waals surface area contributed by atoms with Gasteiger partial charge in [0.2, 0.25) is 10.0 Å². The molecule has 0 radical (unpaired) electrons. The zero-order valence-corrected chi connectivity index (χ0v) is 13.4. The van der Waals surface area contributed by atoms with Gasteiger partial charge in [0.15, 0.2) is 0 Å². The molecule has 1 aliphatic rings. The first-order valence-electron chi connectivity index (χ1n) is 7.59. The number of hydrogen-bond acceptors (Lipinski definition) is 4. The number of nitrogens with zero attached hydrogens (tertiary/aromatic N) is 1. The maximum atomic E-state index is 11.8. The number of rotatable bonds is 7. The summed E-state index contributed by atoms with van der Waals surface area (Å²) in [6.45, 7) is 1.61. The van der Waals surface area contributed by atoms with Crippen LogP contribution >= 0.6 is 0 Å². The van der Waals surface area contributed by atoms with Gasteiger partial charge in [-0.1, -0.05) is 12.8 Å². The van der Waals surface area contributed by atoms with Gasteiger partial charge in [0.25, 0.3) is 0 Å². The summed E-state index contributed by atoms with van der Waals surface area (Å²) in [6, 6.07) is 7.71. The van der Waals surface area contributed by atoms with E-state index >= 15 is 0 Å². The Morgan fingerprint density at radius 1 is 1.24 bits per heavy atom. The van der Waals surface area contributed by atoms with Crippen molar-refractivity contribution >= 4 is 15.7 Å². The summed E-state index contributed by atoms with van der Waals surface area (Å²) in [4.78, 5) is 2.69. The monoisotopic (exact) mass is 311 g/mol. The third-order valence-electron chi connectivity index (χ3n) is 4.12. The quantitative estimate of drug-likeness (QED) is 0.803. The summed E-state index contributed by atoms with van der Waals surface area (Å²) in [5, 5.41) is 0. The van der Waals surface area contributed by atoms with Gasteiger partial charge in [0.1, 0.15) is 0 Å². The fourth-order valence-electron chi connectivity index (χ4n) is 2.93. The maximum Gasteiger partial charge on any atom is 0.240 e. The molecule has 0 amide bonds. The molecular formula is C15H25N3O2S. The van der Waals surface area contributed by atoms with Crippen molar-refractivity contribution in [3.05, 3.63) is 24.3 Å². The molecule has 1 aliphatic carbocycles. The SMILES string of the molecule is CNS(=O)(=O)c1ccc(N(CCCN)C2CCCC2)cc1. The number of benzene rings is 1. The highest BCUT2D eigenvalue weighted by molar-refractivity contribution is 7.89. The Morgan fingerprint density at radius 2 is 1.86 bits per heavy atom. The average Bonchev–Trinajstić information content (AvgIpc) is 3.02. The molecule has 3 N–H and O–H groups in total. The highest BCUT2D eigenvalue weighted by Gasteiger charge is 2.23. The summed E-state index contributed by atoms with van der Waals surface area (Å²) < 4.78 is 25.9. The average molecular weight is 311 g/mol. The van der Waals surface area contributed by atoms with Crippen molar-refractivity contribution in [2.24, 2.45) is 5.73 Å². The second-order valence-corrected chi connectivity index (χ2v) is 7.36. The number of hydrogen-bond donors (Lipinski definition) is 2. The number of nitrogens with two attached hydrogens (primary N) is 1. The van der Waals surface area contributed by atoms with Crippen LogP contribution in [0.4, 0.5) is 5.69 Å². The van der Waals surface area contributed by atoms with Crippen molar-refractivity contribution < 1.29 is 8.42 Å². The molecule has 0 aliphatic heterocycles. The van der Waals surface area contributed by atoms with Gasteiger partial charge >= 0.3 is 0 Å². The topological polar surface area (TPSA) is 75.4 Å². The smallest absolute Gasteiger partial charge is 0.240 e. The molecule has 0 unspecified atom stereocenters. The van der Waals surface area contributed by atoms with Gasteiger partial charge in [-0.15, -0.1) is 0 Å². The first kappa shape index (κ1) is 16.3. The van der Waals surface area contributed by atoms with E-state index in [9.17, 15) is 8.42 Å². The van der Waals surface area contributed by atoms with Crippen molar-refractivity contribution in [2.75, 3.05) is 25.0 Å². The highest BCUT2D eigenvalue weighted by atomic mass is 32.2. The molecule has 0 aromatic heterocycles. The zero-order valence-electron chi connectivity index (χ0n) is 12.6. The summed E-state index contributed by atoms with van der Waals surface area (Å²) in [5.74, 6) is 0. The molecule has 0 atom stereocenters. The lowest BCUT2D eigenvalue weighted by Crippen LogP contribution is -2.35. The van der Waals surface area contributed by atoms with Crippen molar-refractivity contribution in [3.8, 4) is 0 Å². The number of sulfonamides is 1. The van der Waals surface area contributed by atoms with E-state index in [0.29, 0.717) is 17.5 Å². The molecule has 1 fully saturated rings. The largest absolute Gasteiger partial charge is 0.369 e. The van der Waals surface area contributed by atoms with Crippen LogP contribution in [0.25, 0.3) is 0 Å². The van der Waals surface area contributed by atoms with E-state index in [0.717, 1.165) is 18.7 Å². The van der Waals surface area contributed by atoms with Crippen molar-refractivity contribution in [1.82, 2.24) is 4.72 Å². The molecule has 0 saturated heterocycles. The van der Waals surface area contributed by atoms with Gasteiger partial charge < -0.3 is 10.6 Å². The van der Waals surface area contributed by atoms with Crippen LogP contribution in [0.15, 0.2) is 29.2 Å². The van der Waals surface area contributed by atoms with Crippen LogP contribution < -0.4 is 15.4 Å². The summed E-state index contributed by atoms with van der Waals surface area (Å²) >= 11 is 0. The van der Waals surface area contributed by atoms with Crippen LogP contribution in [0.1, 0.15) is 32.1 Å². The fraction of sp³-hybridized carbons (Fsp3) is 0.600. The number of anilines is 1. The van der Waals surface area contributed by atoms with Gasteiger partial charge in [0, 0.05) is 18.3 Å². The van der Waals surface area contributed by atoms with E-state index in [4.69, 9.17) is 5.73 Å². The Balaban J connectivity index is 2.19. The first-order valence-corrected chi connectivity index (χ1v) is 9.07. The summed E-state index contributed by atoms with van der Waals surface area (Å²) in [7, 11) is -1.94. The summed E-state index contributed by atoms with van der Waals surface area (Å²) in [6.07, 6.45) is 5.92. The second kappa shape index (κ2) is 7.24. The van der Waals surface area contributed by atoms with Crippen LogP contribution in [-0.2, 0) is 10.0 Å². The van der Waals surface area contributed by atoms with E-state index in [-0.39, 0.29) is 0 Å². The Morgan fingerprint density at radius 3 is 2.38 bits per heavy atom. The van der Waals surface area contributed by atoms with Crippen LogP contribution in [0, 0.1) is 0 Å². The van der Waals surface area contributed by atoms with E-state index in [1.165, 1.54) is 32.7 Å². The molecule has 0 spiro atoms. The minimum absolute atomic E-state index is 0.305. The van der Waals surface area contributed by atoms with Crippen LogP contribution in [0.5, 0.6) is 0 Å². The molecule has 1 aromatic rings. The van der Waals surface area contributed by atoms with E-state index < -0.39 is 10.0 Å². The minimum Gasteiger partial charge on any atom is -0.369 e. The Kier molecular flexibility index (Phi) is 5.61. The lowest BCUT2D eigenvalue weighted by Gasteiger charge is -2.31. The second-order valence-electron chi connectivity index (χ2n) is 5.48. The molecule has 6 heteroatoms. The first-order chi connectivity index (χ1) is 10.1. The molecule has 21 heavy (non-hydrogen) atoms. The van der Waals surface area contributed by atoms with E-state index in [2.05, 4.69) is 9.62 Å². The molecular weight excluding hydrogens is 286 g/mol. The Bertz CT molecular complexity index is 537.